The van der Waals surface area contributed by atoms with E-state index in [1.807, 2.05) is 42.5 Å². The first-order chi connectivity index (χ1) is 12.5. The van der Waals surface area contributed by atoms with E-state index in [1.54, 1.807) is 0 Å². The predicted molar refractivity (Wildman–Crippen MR) is 99.7 cm³/mol. The number of fused-ring (bicyclic) bond motifs is 3. The Morgan fingerprint density at radius 1 is 1.31 bits per heavy atom. The highest BCUT2D eigenvalue weighted by Gasteiger charge is 2.48. The van der Waals surface area contributed by atoms with E-state index >= 15 is 0 Å². The van der Waals surface area contributed by atoms with E-state index in [-0.39, 0.29) is 23.5 Å². The van der Waals surface area contributed by atoms with Gasteiger partial charge in [0.05, 0.1) is 23.3 Å². The van der Waals surface area contributed by atoms with Crippen LogP contribution in [-0.4, -0.2) is 12.5 Å². The van der Waals surface area contributed by atoms with Gasteiger partial charge in [-0.05, 0) is 49.2 Å². The molecule has 5 heteroatoms. The minimum absolute atomic E-state index is 0.0133. The van der Waals surface area contributed by atoms with Crippen LogP contribution in [0.2, 0.25) is 0 Å². The summed E-state index contributed by atoms with van der Waals surface area (Å²) in [6, 6.07) is 15.9. The quantitative estimate of drug-likeness (QED) is 0.863. The number of rotatable bonds is 2. The summed E-state index contributed by atoms with van der Waals surface area (Å²) in [5.41, 5.74) is 4.42. The minimum Gasteiger partial charge on any atom is -0.375 e. The Kier molecular flexibility index (Phi) is 3.93. The van der Waals surface area contributed by atoms with Gasteiger partial charge in [0.25, 0.3) is 0 Å². The molecule has 2 heterocycles. The normalized spacial score (nSPS) is 26.2. The molecule has 0 unspecified atom stereocenters. The summed E-state index contributed by atoms with van der Waals surface area (Å²) in [5, 5.41) is 15.6. The van der Waals surface area contributed by atoms with E-state index in [4.69, 9.17) is 10.00 Å². The van der Waals surface area contributed by atoms with E-state index < -0.39 is 0 Å². The summed E-state index contributed by atoms with van der Waals surface area (Å²) in [6.07, 6.45) is 0.943. The van der Waals surface area contributed by atoms with Gasteiger partial charge >= 0.3 is 0 Å². The molecule has 1 fully saturated rings. The first kappa shape index (κ1) is 16.6. The number of nitrogens with one attached hydrogen (secondary N) is 2. The fourth-order valence-corrected chi connectivity index (χ4v) is 4.23. The van der Waals surface area contributed by atoms with Gasteiger partial charge in [0, 0.05) is 36.4 Å². The van der Waals surface area contributed by atoms with Crippen molar-refractivity contribution >= 4 is 17.3 Å². The Bertz CT molecular complexity index is 900. The lowest BCUT2D eigenvalue weighted by molar-refractivity contribution is -0.114. The Morgan fingerprint density at radius 2 is 2.08 bits per heavy atom. The SMILES string of the molecule is CC(=O)Nc1ccc2c(c1)[C@H]1OCC[C@@H]1[C@@](C)(c1ccc(C#N)cc1)N2. The van der Waals surface area contributed by atoms with E-state index in [9.17, 15) is 4.79 Å². The summed E-state index contributed by atoms with van der Waals surface area (Å²) >= 11 is 0. The molecule has 2 aromatic carbocycles. The number of ether oxygens (including phenoxy) is 1. The van der Waals surface area contributed by atoms with E-state index in [0.29, 0.717) is 12.2 Å². The van der Waals surface area contributed by atoms with Crippen molar-refractivity contribution in [2.75, 3.05) is 17.2 Å². The van der Waals surface area contributed by atoms with Gasteiger partial charge in [0.15, 0.2) is 0 Å². The molecular weight excluding hydrogens is 326 g/mol. The number of hydrogen-bond donors (Lipinski definition) is 2. The number of anilines is 2. The van der Waals surface area contributed by atoms with Gasteiger partial charge in [0.1, 0.15) is 0 Å². The number of amides is 1. The second-order valence-corrected chi connectivity index (χ2v) is 7.19. The molecule has 26 heavy (non-hydrogen) atoms. The molecule has 5 nitrogen and oxygen atoms in total. The average molecular weight is 347 g/mol. The summed E-state index contributed by atoms with van der Waals surface area (Å²) in [6.45, 7) is 4.42. The second kappa shape index (κ2) is 6.15. The van der Waals surface area contributed by atoms with Crippen LogP contribution in [0.4, 0.5) is 11.4 Å². The molecule has 1 amide bonds. The zero-order chi connectivity index (χ0) is 18.3. The maximum atomic E-state index is 11.4. The van der Waals surface area contributed by atoms with Crippen molar-refractivity contribution in [3.05, 3.63) is 59.2 Å². The molecule has 0 spiro atoms. The summed E-state index contributed by atoms with van der Waals surface area (Å²) in [4.78, 5) is 11.4. The van der Waals surface area contributed by atoms with Gasteiger partial charge in [-0.2, -0.15) is 5.26 Å². The lowest BCUT2D eigenvalue weighted by Crippen LogP contribution is -2.44. The lowest BCUT2D eigenvalue weighted by atomic mass is 9.71. The molecule has 0 radical (unpaired) electrons. The maximum Gasteiger partial charge on any atom is 0.221 e. The largest absolute Gasteiger partial charge is 0.375 e. The predicted octanol–water partition coefficient (Wildman–Crippen LogP) is 3.94. The summed E-state index contributed by atoms with van der Waals surface area (Å²) < 4.78 is 6.10. The topological polar surface area (TPSA) is 74.1 Å². The fraction of sp³-hybridized carbons (Fsp3) is 0.333. The van der Waals surface area contributed by atoms with E-state index in [1.165, 1.54) is 6.92 Å². The van der Waals surface area contributed by atoms with Crippen LogP contribution in [0.1, 0.15) is 43.1 Å². The maximum absolute atomic E-state index is 11.4. The molecule has 0 bridgehead atoms. The lowest BCUT2D eigenvalue weighted by Gasteiger charge is -2.45. The number of carbonyl (C=O) groups is 1. The van der Waals surface area contributed by atoms with Crippen LogP contribution < -0.4 is 10.6 Å². The molecular formula is C21H21N3O2. The minimum atomic E-state index is -0.280. The van der Waals surface area contributed by atoms with Crippen LogP contribution in [0.15, 0.2) is 42.5 Å². The van der Waals surface area contributed by atoms with Gasteiger partial charge in [0.2, 0.25) is 5.91 Å². The third-order valence-electron chi connectivity index (χ3n) is 5.52. The van der Waals surface area contributed by atoms with Crippen molar-refractivity contribution in [2.45, 2.75) is 31.9 Å². The van der Waals surface area contributed by atoms with Gasteiger partial charge in [-0.25, -0.2) is 0 Å². The van der Waals surface area contributed by atoms with E-state index in [0.717, 1.165) is 28.9 Å². The zero-order valence-corrected chi connectivity index (χ0v) is 14.9. The molecule has 2 N–H and O–H groups in total. The van der Waals surface area contributed by atoms with Crippen LogP contribution in [0.3, 0.4) is 0 Å². The van der Waals surface area contributed by atoms with Gasteiger partial charge < -0.3 is 15.4 Å². The standard InChI is InChI=1S/C21H21N3O2/c1-13(25)23-16-7-8-19-17(11-16)20-18(9-10-26-20)21(2,24-19)15-5-3-14(12-22)4-6-15/h3-8,11,18,20,24H,9-10H2,1-2H3,(H,23,25)/t18-,20+,21+/m0/s1. The van der Waals surface area contributed by atoms with Crippen molar-refractivity contribution in [3.8, 4) is 6.07 Å². The number of carbonyl (C=O) groups excluding carboxylic acids is 1. The molecule has 0 saturated carbocycles. The molecule has 2 aliphatic rings. The van der Waals surface area contributed by atoms with Gasteiger partial charge in [-0.1, -0.05) is 12.1 Å². The Labute approximate surface area is 153 Å². The Hall–Kier alpha value is -2.84. The summed E-state index contributed by atoms with van der Waals surface area (Å²) in [5.74, 6) is 0.190. The highest BCUT2D eigenvalue weighted by molar-refractivity contribution is 5.89. The van der Waals surface area contributed by atoms with Gasteiger partial charge in [-0.15, -0.1) is 0 Å². The number of hydrogen-bond acceptors (Lipinski definition) is 4. The fourth-order valence-electron chi connectivity index (χ4n) is 4.23. The average Bonchev–Trinajstić information content (AvgIpc) is 3.13. The molecule has 2 aromatic rings. The molecule has 4 rings (SSSR count). The molecule has 0 aliphatic carbocycles. The van der Waals surface area contributed by atoms with Crippen LogP contribution >= 0.6 is 0 Å². The monoisotopic (exact) mass is 347 g/mol. The van der Waals surface area contributed by atoms with Crippen LogP contribution in [0.5, 0.6) is 0 Å². The van der Waals surface area contributed by atoms with Crippen molar-refractivity contribution in [1.29, 1.82) is 5.26 Å². The van der Waals surface area contributed by atoms with Crippen molar-refractivity contribution in [3.63, 3.8) is 0 Å². The third kappa shape index (κ3) is 2.63. The van der Waals surface area contributed by atoms with Gasteiger partial charge in [-0.3, -0.25) is 4.79 Å². The second-order valence-electron chi connectivity index (χ2n) is 7.19. The zero-order valence-electron chi connectivity index (χ0n) is 14.9. The Morgan fingerprint density at radius 3 is 2.77 bits per heavy atom. The molecule has 132 valence electrons. The molecule has 3 atom stereocenters. The van der Waals surface area contributed by atoms with Crippen LogP contribution in [-0.2, 0) is 15.1 Å². The molecule has 1 saturated heterocycles. The first-order valence-corrected chi connectivity index (χ1v) is 8.83. The molecule has 0 aromatic heterocycles. The van der Waals surface area contributed by atoms with Crippen molar-refractivity contribution in [1.82, 2.24) is 0 Å². The van der Waals surface area contributed by atoms with E-state index in [2.05, 4.69) is 23.6 Å². The summed E-state index contributed by atoms with van der Waals surface area (Å²) in [7, 11) is 0. The van der Waals surface area contributed by atoms with Crippen molar-refractivity contribution in [2.24, 2.45) is 5.92 Å². The highest BCUT2D eigenvalue weighted by atomic mass is 16.5. The highest BCUT2D eigenvalue weighted by Crippen LogP contribution is 2.53. The smallest absolute Gasteiger partial charge is 0.221 e. The number of benzene rings is 2. The van der Waals surface area contributed by atoms with Crippen LogP contribution in [0, 0.1) is 17.2 Å². The Balaban J connectivity index is 1.76. The number of nitriles is 1. The first-order valence-electron chi connectivity index (χ1n) is 8.83. The number of nitrogens with zero attached hydrogens (tertiary/aromatic N) is 1. The van der Waals surface area contributed by atoms with Crippen molar-refractivity contribution < 1.29 is 9.53 Å². The third-order valence-corrected chi connectivity index (χ3v) is 5.52. The van der Waals surface area contributed by atoms with Crippen LogP contribution in [0.25, 0.3) is 0 Å². The molecule has 2 aliphatic heterocycles.